The fourth-order valence-corrected chi connectivity index (χ4v) is 13.1. The van der Waals surface area contributed by atoms with E-state index in [0.717, 1.165) is 95.8 Å². The van der Waals surface area contributed by atoms with Gasteiger partial charge in [-0.15, -0.1) is 0 Å². The molecule has 558 valence electrons. The zero-order chi connectivity index (χ0) is 69.1. The number of phosphoric ester groups is 2. The molecule has 0 saturated heterocycles. The lowest BCUT2D eigenvalue weighted by Gasteiger charge is -2.21. The highest BCUT2D eigenvalue weighted by Crippen LogP contribution is 2.45. The third kappa shape index (κ3) is 68.6. The van der Waals surface area contributed by atoms with E-state index in [1.54, 1.807) is 0 Å². The van der Waals surface area contributed by atoms with Gasteiger partial charge in [0.1, 0.15) is 19.3 Å². The molecule has 0 aromatic rings. The van der Waals surface area contributed by atoms with Crippen LogP contribution in [-0.4, -0.2) is 96.7 Å². The molecule has 0 amide bonds. The van der Waals surface area contributed by atoms with Crippen LogP contribution in [0.15, 0.2) is 0 Å². The van der Waals surface area contributed by atoms with Crippen LogP contribution in [0.3, 0.4) is 0 Å². The number of hydrogen-bond acceptors (Lipinski definition) is 15. The molecule has 0 bridgehead atoms. The summed E-state index contributed by atoms with van der Waals surface area (Å²) < 4.78 is 68.5. The van der Waals surface area contributed by atoms with E-state index in [4.69, 9.17) is 37.0 Å². The number of ether oxygens (including phenoxy) is 4. The Bertz CT molecular complexity index is 1810. The molecule has 0 fully saturated rings. The molecule has 0 heterocycles. The summed E-state index contributed by atoms with van der Waals surface area (Å²) in [5.74, 6) is -1.33. The van der Waals surface area contributed by atoms with Crippen molar-refractivity contribution >= 4 is 39.5 Å². The highest BCUT2D eigenvalue weighted by Gasteiger charge is 2.30. The number of rotatable bonds is 75. The van der Waals surface area contributed by atoms with Gasteiger partial charge in [-0.3, -0.25) is 37.3 Å². The largest absolute Gasteiger partial charge is 0.472 e. The molecule has 0 aliphatic rings. The fourth-order valence-electron chi connectivity index (χ4n) is 11.5. The predicted molar refractivity (Wildman–Crippen MR) is 382 cm³/mol. The topological polar surface area (TPSA) is 237 Å². The maximum Gasteiger partial charge on any atom is 0.472 e. The highest BCUT2D eigenvalue weighted by molar-refractivity contribution is 7.47. The van der Waals surface area contributed by atoms with Crippen molar-refractivity contribution in [3.05, 3.63) is 0 Å². The molecule has 17 nitrogen and oxygen atoms in total. The van der Waals surface area contributed by atoms with Crippen LogP contribution in [0.1, 0.15) is 394 Å². The standard InChI is InChI=1S/C75H146O17P2/c1-6-9-12-15-18-21-24-27-29-34-39-44-49-54-59-73(78)86-65-71(92-75(80)61-56-51-46-41-36-31-30-32-37-42-47-52-57-68(4)5)67-90-94(83,84)88-63-69(76)62-87-93(81,82)89-66-70(64-85-72(77)58-53-48-43-38-33-26-23-20-17-14-11-8-3)91-74(79)60-55-50-45-40-35-28-25-22-19-16-13-10-7-2/h68-71,76H,6-67H2,1-5H3,(H,81,82)(H,83,84)/t69-,70+,71+/m0/s1. The first-order valence-corrected chi connectivity index (χ1v) is 42.1. The predicted octanol–water partition coefficient (Wildman–Crippen LogP) is 22.1. The molecule has 19 heteroatoms. The number of hydrogen-bond donors (Lipinski definition) is 3. The van der Waals surface area contributed by atoms with Crippen LogP contribution >= 0.6 is 15.6 Å². The highest BCUT2D eigenvalue weighted by atomic mass is 31.2. The summed E-state index contributed by atoms with van der Waals surface area (Å²) in [6, 6.07) is 0. The Morgan fingerprint density at radius 3 is 0.723 bits per heavy atom. The first-order chi connectivity index (χ1) is 45.5. The van der Waals surface area contributed by atoms with Gasteiger partial charge < -0.3 is 33.8 Å². The SMILES string of the molecule is CCCCCCCCCCCCCCCCC(=O)OC[C@H](COP(=O)(O)OC[C@@H](O)COP(=O)(O)OC[C@@H](COC(=O)CCCCCCCCCCCCCC)OC(=O)CCCCCCCCCCCCCCC)OC(=O)CCCCCCCCCCCCCCC(C)C. The van der Waals surface area contributed by atoms with Gasteiger partial charge in [-0.1, -0.05) is 343 Å². The van der Waals surface area contributed by atoms with Crippen molar-refractivity contribution in [1.29, 1.82) is 0 Å². The van der Waals surface area contributed by atoms with E-state index in [1.165, 1.54) is 218 Å². The minimum absolute atomic E-state index is 0.108. The molecule has 0 spiro atoms. The van der Waals surface area contributed by atoms with E-state index >= 15 is 0 Å². The Balaban J connectivity index is 5.26. The molecule has 94 heavy (non-hydrogen) atoms. The second kappa shape index (κ2) is 68.2. The minimum Gasteiger partial charge on any atom is -0.462 e. The maximum absolute atomic E-state index is 13.1. The van der Waals surface area contributed by atoms with Gasteiger partial charge in [-0.2, -0.15) is 0 Å². The molecule has 2 unspecified atom stereocenters. The van der Waals surface area contributed by atoms with Crippen LogP contribution in [0.25, 0.3) is 0 Å². The summed E-state index contributed by atoms with van der Waals surface area (Å²) >= 11 is 0. The van der Waals surface area contributed by atoms with E-state index in [1.807, 2.05) is 0 Å². The number of carbonyl (C=O) groups is 4. The summed E-state index contributed by atoms with van der Waals surface area (Å²) in [6.45, 7) is 7.31. The van der Waals surface area contributed by atoms with Gasteiger partial charge in [-0.25, -0.2) is 9.13 Å². The molecule has 0 rings (SSSR count). The van der Waals surface area contributed by atoms with Crippen molar-refractivity contribution in [3.8, 4) is 0 Å². The van der Waals surface area contributed by atoms with Crippen LogP contribution < -0.4 is 0 Å². The average molecular weight is 1380 g/mol. The molecule has 0 aromatic carbocycles. The lowest BCUT2D eigenvalue weighted by atomic mass is 10.0. The molecule has 5 atom stereocenters. The minimum atomic E-state index is -4.96. The zero-order valence-electron chi connectivity index (χ0n) is 61.1. The summed E-state index contributed by atoms with van der Waals surface area (Å²) in [6.07, 6.45) is 56.6. The van der Waals surface area contributed by atoms with Crippen molar-refractivity contribution in [2.75, 3.05) is 39.6 Å². The molecule has 3 N–H and O–H groups in total. The van der Waals surface area contributed by atoms with Crippen molar-refractivity contribution in [2.45, 2.75) is 412 Å². The molecule has 0 aromatic heterocycles. The summed E-state index contributed by atoms with van der Waals surface area (Å²) in [4.78, 5) is 72.8. The van der Waals surface area contributed by atoms with E-state index in [9.17, 15) is 43.2 Å². The molecular weight excluding hydrogens is 1230 g/mol. The van der Waals surface area contributed by atoms with Crippen LogP contribution in [0.4, 0.5) is 0 Å². The Labute approximate surface area is 575 Å². The van der Waals surface area contributed by atoms with Crippen LogP contribution in [0, 0.1) is 5.92 Å². The van der Waals surface area contributed by atoms with Crippen LogP contribution in [0.5, 0.6) is 0 Å². The van der Waals surface area contributed by atoms with Crippen LogP contribution in [-0.2, 0) is 65.4 Å². The number of carbonyl (C=O) groups excluding carboxylic acids is 4. The van der Waals surface area contributed by atoms with Gasteiger partial charge in [0.15, 0.2) is 12.2 Å². The van der Waals surface area contributed by atoms with Gasteiger partial charge >= 0.3 is 39.5 Å². The Morgan fingerprint density at radius 2 is 0.489 bits per heavy atom. The quantitative estimate of drug-likeness (QED) is 0.0222. The number of esters is 4. The third-order valence-corrected chi connectivity index (χ3v) is 19.4. The van der Waals surface area contributed by atoms with Gasteiger partial charge in [0.25, 0.3) is 0 Å². The van der Waals surface area contributed by atoms with E-state index < -0.39 is 97.5 Å². The van der Waals surface area contributed by atoms with Gasteiger partial charge in [0.05, 0.1) is 26.4 Å². The van der Waals surface area contributed by atoms with Crippen molar-refractivity contribution in [2.24, 2.45) is 5.92 Å². The molecular formula is C75H146O17P2. The average Bonchev–Trinajstić information content (AvgIpc) is 1.88. The number of phosphoric acid groups is 2. The Hall–Kier alpha value is -1.94. The van der Waals surface area contributed by atoms with E-state index in [2.05, 4.69) is 34.6 Å². The number of unbranched alkanes of at least 4 members (excludes halogenated alkanes) is 47. The first kappa shape index (κ1) is 92.1. The third-order valence-electron chi connectivity index (χ3n) is 17.5. The molecule has 0 saturated carbocycles. The van der Waals surface area contributed by atoms with Crippen molar-refractivity contribution in [1.82, 2.24) is 0 Å². The fraction of sp³-hybridized carbons (Fsp3) is 0.947. The molecule has 0 radical (unpaired) electrons. The molecule has 0 aliphatic heterocycles. The smallest absolute Gasteiger partial charge is 0.462 e. The summed E-state index contributed by atoms with van der Waals surface area (Å²) in [5, 5.41) is 10.6. The Kier molecular flexibility index (Phi) is 66.8. The lowest BCUT2D eigenvalue weighted by Crippen LogP contribution is -2.30. The lowest BCUT2D eigenvalue weighted by molar-refractivity contribution is -0.161. The van der Waals surface area contributed by atoms with Crippen molar-refractivity contribution in [3.63, 3.8) is 0 Å². The van der Waals surface area contributed by atoms with Gasteiger partial charge in [-0.05, 0) is 31.6 Å². The second-order valence-electron chi connectivity index (χ2n) is 27.5. The normalized spacial score (nSPS) is 14.0. The second-order valence-corrected chi connectivity index (χ2v) is 30.4. The maximum atomic E-state index is 13.1. The number of aliphatic hydroxyl groups is 1. The van der Waals surface area contributed by atoms with E-state index in [0.29, 0.717) is 25.7 Å². The Morgan fingerprint density at radius 1 is 0.287 bits per heavy atom. The first-order valence-electron chi connectivity index (χ1n) is 39.1. The summed E-state index contributed by atoms with van der Waals surface area (Å²) in [7, 11) is -9.91. The molecule has 0 aliphatic carbocycles. The van der Waals surface area contributed by atoms with Gasteiger partial charge in [0, 0.05) is 25.7 Å². The van der Waals surface area contributed by atoms with Crippen molar-refractivity contribution < 1.29 is 80.2 Å². The summed E-state index contributed by atoms with van der Waals surface area (Å²) in [5.41, 5.74) is 0. The van der Waals surface area contributed by atoms with Crippen LogP contribution in [0.2, 0.25) is 0 Å². The van der Waals surface area contributed by atoms with Gasteiger partial charge in [0.2, 0.25) is 0 Å². The monoisotopic (exact) mass is 1380 g/mol. The number of aliphatic hydroxyl groups excluding tert-OH is 1. The van der Waals surface area contributed by atoms with E-state index in [-0.39, 0.29) is 25.7 Å². The zero-order valence-corrected chi connectivity index (χ0v) is 62.9.